The van der Waals surface area contributed by atoms with Gasteiger partial charge in [0.25, 0.3) is 0 Å². The van der Waals surface area contributed by atoms with Gasteiger partial charge in [-0.05, 0) is 24.5 Å². The molecule has 96 valence electrons. The predicted molar refractivity (Wildman–Crippen MR) is 69.9 cm³/mol. The summed E-state index contributed by atoms with van der Waals surface area (Å²) in [7, 11) is 0. The molecule has 18 heavy (non-hydrogen) atoms. The Bertz CT molecular complexity index is 473. The van der Waals surface area contributed by atoms with E-state index in [0.29, 0.717) is 17.6 Å². The van der Waals surface area contributed by atoms with E-state index >= 15 is 0 Å². The zero-order valence-electron chi connectivity index (χ0n) is 10.1. The van der Waals surface area contributed by atoms with Gasteiger partial charge < -0.3 is 5.11 Å². The van der Waals surface area contributed by atoms with Crippen LogP contribution in [-0.2, 0) is 4.79 Å². The van der Waals surface area contributed by atoms with Gasteiger partial charge in [-0.2, -0.15) is 0 Å². The van der Waals surface area contributed by atoms with Crippen LogP contribution in [0.2, 0.25) is 5.02 Å². The SMILES string of the molecule is O=C(O)[C@H]1CN(C2CC2)C[C@H]1c1ccccc1Cl. The van der Waals surface area contributed by atoms with Crippen LogP contribution in [-0.4, -0.2) is 35.1 Å². The molecule has 0 unspecified atom stereocenters. The molecule has 0 bridgehead atoms. The van der Waals surface area contributed by atoms with Crippen LogP contribution in [0.4, 0.5) is 0 Å². The van der Waals surface area contributed by atoms with Crippen molar-refractivity contribution in [1.29, 1.82) is 0 Å². The number of carbonyl (C=O) groups is 1. The van der Waals surface area contributed by atoms with E-state index < -0.39 is 5.97 Å². The third-order valence-corrected chi connectivity index (χ3v) is 4.38. The fourth-order valence-electron chi connectivity index (χ4n) is 2.91. The minimum absolute atomic E-state index is 0.0248. The zero-order valence-corrected chi connectivity index (χ0v) is 10.8. The number of nitrogens with zero attached hydrogens (tertiary/aromatic N) is 1. The van der Waals surface area contributed by atoms with Crippen molar-refractivity contribution in [3.63, 3.8) is 0 Å². The fraction of sp³-hybridized carbons (Fsp3) is 0.500. The lowest BCUT2D eigenvalue weighted by molar-refractivity contribution is -0.141. The van der Waals surface area contributed by atoms with E-state index in [-0.39, 0.29) is 11.8 Å². The summed E-state index contributed by atoms with van der Waals surface area (Å²) in [4.78, 5) is 13.7. The summed E-state index contributed by atoms with van der Waals surface area (Å²) in [6.07, 6.45) is 2.42. The second-order valence-corrected chi connectivity index (χ2v) is 5.67. The quantitative estimate of drug-likeness (QED) is 0.913. The van der Waals surface area contributed by atoms with Crippen molar-refractivity contribution in [2.45, 2.75) is 24.8 Å². The van der Waals surface area contributed by atoms with Crippen molar-refractivity contribution in [3.8, 4) is 0 Å². The first-order valence-corrected chi connectivity index (χ1v) is 6.76. The second kappa shape index (κ2) is 4.56. The normalized spacial score (nSPS) is 28.5. The molecular formula is C14H16ClNO2. The zero-order chi connectivity index (χ0) is 12.7. The lowest BCUT2D eigenvalue weighted by Crippen LogP contribution is -2.25. The lowest BCUT2D eigenvalue weighted by atomic mass is 9.89. The average molecular weight is 266 g/mol. The molecule has 1 aliphatic heterocycles. The van der Waals surface area contributed by atoms with Gasteiger partial charge in [0.15, 0.2) is 0 Å². The maximum atomic E-state index is 11.4. The molecule has 3 nitrogen and oxygen atoms in total. The maximum Gasteiger partial charge on any atom is 0.308 e. The number of benzene rings is 1. The van der Waals surface area contributed by atoms with E-state index in [2.05, 4.69) is 4.90 Å². The first-order valence-electron chi connectivity index (χ1n) is 6.38. The van der Waals surface area contributed by atoms with Crippen molar-refractivity contribution >= 4 is 17.6 Å². The monoisotopic (exact) mass is 265 g/mol. The highest BCUT2D eigenvalue weighted by Gasteiger charge is 2.44. The summed E-state index contributed by atoms with van der Waals surface area (Å²) in [5, 5.41) is 10.1. The van der Waals surface area contributed by atoms with Crippen LogP contribution in [0.1, 0.15) is 24.3 Å². The Hall–Kier alpha value is -1.06. The van der Waals surface area contributed by atoms with Crippen LogP contribution in [0.15, 0.2) is 24.3 Å². The summed E-state index contributed by atoms with van der Waals surface area (Å²) in [6, 6.07) is 8.23. The smallest absolute Gasteiger partial charge is 0.308 e. The summed E-state index contributed by atoms with van der Waals surface area (Å²) in [5.74, 6) is -1.01. The molecule has 0 spiro atoms. The molecule has 2 aliphatic rings. The second-order valence-electron chi connectivity index (χ2n) is 5.26. The topological polar surface area (TPSA) is 40.5 Å². The molecule has 1 aliphatic carbocycles. The summed E-state index contributed by atoms with van der Waals surface area (Å²) >= 11 is 6.21. The number of carboxylic acids is 1. The van der Waals surface area contributed by atoms with E-state index in [1.54, 1.807) is 0 Å². The molecule has 1 saturated heterocycles. The van der Waals surface area contributed by atoms with E-state index in [1.165, 1.54) is 12.8 Å². The van der Waals surface area contributed by atoms with Crippen molar-refractivity contribution in [2.75, 3.05) is 13.1 Å². The minimum atomic E-state index is -0.705. The third kappa shape index (κ3) is 2.13. The van der Waals surface area contributed by atoms with Gasteiger partial charge in [-0.15, -0.1) is 0 Å². The molecule has 1 heterocycles. The highest BCUT2D eigenvalue weighted by Crippen LogP contribution is 2.40. The molecule has 1 N–H and O–H groups in total. The van der Waals surface area contributed by atoms with E-state index in [0.717, 1.165) is 12.1 Å². The van der Waals surface area contributed by atoms with Gasteiger partial charge in [0.1, 0.15) is 0 Å². The molecule has 0 amide bonds. The number of hydrogen-bond donors (Lipinski definition) is 1. The van der Waals surface area contributed by atoms with Crippen molar-refractivity contribution < 1.29 is 9.90 Å². The Morgan fingerprint density at radius 1 is 1.28 bits per heavy atom. The molecule has 0 radical (unpaired) electrons. The summed E-state index contributed by atoms with van der Waals surface area (Å²) in [6.45, 7) is 1.49. The standard InChI is InChI=1S/C14H16ClNO2/c15-13-4-2-1-3-10(13)11-7-16(9-5-6-9)8-12(11)14(17)18/h1-4,9,11-12H,5-8H2,(H,17,18)/t11-,12-/m0/s1. The van der Waals surface area contributed by atoms with Gasteiger partial charge in [-0.3, -0.25) is 9.69 Å². The molecule has 1 aromatic rings. The first-order chi connectivity index (χ1) is 8.66. The van der Waals surface area contributed by atoms with Crippen molar-refractivity contribution in [3.05, 3.63) is 34.9 Å². The third-order valence-electron chi connectivity index (χ3n) is 4.03. The number of aliphatic carboxylic acids is 1. The molecule has 2 atom stereocenters. The average Bonchev–Trinajstić information content (AvgIpc) is 3.09. The number of rotatable bonds is 3. The number of likely N-dealkylation sites (tertiary alicyclic amines) is 1. The van der Waals surface area contributed by atoms with Crippen LogP contribution in [0.25, 0.3) is 0 Å². The number of hydrogen-bond acceptors (Lipinski definition) is 2. The molecule has 3 rings (SSSR count). The molecule has 0 aromatic heterocycles. The van der Waals surface area contributed by atoms with E-state index in [4.69, 9.17) is 11.6 Å². The van der Waals surface area contributed by atoms with Crippen molar-refractivity contribution in [1.82, 2.24) is 4.90 Å². The Kier molecular flexibility index (Phi) is 3.04. The Labute approximate surface area is 111 Å². The lowest BCUT2D eigenvalue weighted by Gasteiger charge is -2.16. The number of halogens is 1. The molecule has 1 saturated carbocycles. The van der Waals surface area contributed by atoms with Gasteiger partial charge in [0.05, 0.1) is 5.92 Å². The van der Waals surface area contributed by atoms with Gasteiger partial charge in [-0.1, -0.05) is 29.8 Å². The maximum absolute atomic E-state index is 11.4. The molecule has 1 aromatic carbocycles. The van der Waals surface area contributed by atoms with Crippen LogP contribution in [0, 0.1) is 5.92 Å². The van der Waals surface area contributed by atoms with E-state index in [1.807, 2.05) is 24.3 Å². The van der Waals surface area contributed by atoms with Crippen LogP contribution in [0.5, 0.6) is 0 Å². The molecular weight excluding hydrogens is 250 g/mol. The molecule has 4 heteroatoms. The predicted octanol–water partition coefficient (Wildman–Crippen LogP) is 2.60. The van der Waals surface area contributed by atoms with Crippen molar-refractivity contribution in [2.24, 2.45) is 5.92 Å². The highest BCUT2D eigenvalue weighted by atomic mass is 35.5. The van der Waals surface area contributed by atoms with Gasteiger partial charge in [0, 0.05) is 30.1 Å². The molecule has 2 fully saturated rings. The summed E-state index contributed by atoms with van der Waals surface area (Å²) < 4.78 is 0. The van der Waals surface area contributed by atoms with E-state index in [9.17, 15) is 9.90 Å². The largest absolute Gasteiger partial charge is 0.481 e. The van der Waals surface area contributed by atoms with Gasteiger partial charge in [-0.25, -0.2) is 0 Å². The fourth-order valence-corrected chi connectivity index (χ4v) is 3.19. The highest BCUT2D eigenvalue weighted by molar-refractivity contribution is 6.31. The Balaban J connectivity index is 1.88. The Morgan fingerprint density at radius 2 is 2.00 bits per heavy atom. The Morgan fingerprint density at radius 3 is 2.61 bits per heavy atom. The first kappa shape index (κ1) is 12.0. The minimum Gasteiger partial charge on any atom is -0.481 e. The van der Waals surface area contributed by atoms with Crippen LogP contribution in [0.3, 0.4) is 0 Å². The van der Waals surface area contributed by atoms with Gasteiger partial charge in [0.2, 0.25) is 0 Å². The van der Waals surface area contributed by atoms with Crippen LogP contribution < -0.4 is 0 Å². The van der Waals surface area contributed by atoms with Gasteiger partial charge >= 0.3 is 5.97 Å². The summed E-state index contributed by atoms with van der Waals surface area (Å²) in [5.41, 5.74) is 0.981. The number of carboxylic acid groups (broad SMARTS) is 1. The van der Waals surface area contributed by atoms with Crippen LogP contribution >= 0.6 is 11.6 Å².